The number of aryl methyl sites for hydroxylation is 1. The minimum Gasteiger partial charge on any atom is -0.491 e. The maximum atomic E-state index is 12.3. The molecule has 2 aromatic carbocycles. The molecular weight excluding hydrogens is 354 g/mol. The Hall–Kier alpha value is -1.50. The molecule has 0 unspecified atom stereocenters. The summed E-state index contributed by atoms with van der Waals surface area (Å²) in [7, 11) is -3.44. The lowest BCUT2D eigenvalue weighted by atomic mass is 10.1. The van der Waals surface area contributed by atoms with Gasteiger partial charge in [0.05, 0.1) is 11.0 Å². The molecule has 0 saturated heterocycles. The van der Waals surface area contributed by atoms with E-state index in [4.69, 9.17) is 4.74 Å². The molecule has 0 bridgehead atoms. The summed E-state index contributed by atoms with van der Waals surface area (Å²) in [5, 5.41) is 0. The fourth-order valence-corrected chi connectivity index (χ4v) is 3.83. The quantitative estimate of drug-likeness (QED) is 0.526. The molecule has 0 aromatic heterocycles. The van der Waals surface area contributed by atoms with E-state index < -0.39 is 10.0 Å². The predicted molar refractivity (Wildman–Crippen MR) is 104 cm³/mol. The average molecular weight is 380 g/mol. The number of hydrogen-bond acceptors (Lipinski definition) is 4. The highest BCUT2D eigenvalue weighted by atomic mass is 32.2. The van der Waals surface area contributed by atoms with Crippen molar-refractivity contribution in [3.8, 4) is 5.75 Å². The molecule has 2 rings (SSSR count). The normalized spacial score (nSPS) is 11.7. The Morgan fingerprint density at radius 1 is 1.04 bits per heavy atom. The number of nitrogens with one attached hydrogen (secondary N) is 1. The van der Waals surface area contributed by atoms with E-state index in [2.05, 4.69) is 4.72 Å². The van der Waals surface area contributed by atoms with E-state index in [9.17, 15) is 8.42 Å². The maximum Gasteiger partial charge on any atom is 0.240 e. The fraction of sp³-hybridized carbons (Fsp3) is 0.368. The van der Waals surface area contributed by atoms with Crippen molar-refractivity contribution in [3.63, 3.8) is 0 Å². The summed E-state index contributed by atoms with van der Waals surface area (Å²) in [6.07, 6.45) is 3.68. The topological polar surface area (TPSA) is 55.4 Å². The van der Waals surface area contributed by atoms with E-state index in [1.807, 2.05) is 56.5 Å². The van der Waals surface area contributed by atoms with Crippen molar-refractivity contribution < 1.29 is 13.2 Å². The minimum atomic E-state index is -3.44. The number of benzene rings is 2. The van der Waals surface area contributed by atoms with Gasteiger partial charge in [-0.3, -0.25) is 0 Å². The number of ether oxygens (including phenoxy) is 1. The molecule has 0 spiro atoms. The van der Waals surface area contributed by atoms with Crippen LogP contribution in [0.4, 0.5) is 0 Å². The van der Waals surface area contributed by atoms with Gasteiger partial charge in [-0.25, -0.2) is 13.1 Å². The van der Waals surface area contributed by atoms with Gasteiger partial charge in [0.25, 0.3) is 0 Å². The Kier molecular flexibility index (Phi) is 7.35. The molecule has 0 fully saturated rings. The van der Waals surface area contributed by atoms with Crippen LogP contribution < -0.4 is 9.46 Å². The van der Waals surface area contributed by atoms with Crippen molar-refractivity contribution in [1.82, 2.24) is 4.72 Å². The zero-order chi connectivity index (χ0) is 18.3. The molecule has 0 aliphatic carbocycles. The van der Waals surface area contributed by atoms with Gasteiger partial charge in [0, 0.05) is 11.4 Å². The highest BCUT2D eigenvalue weighted by Gasteiger charge is 2.12. The van der Waals surface area contributed by atoms with Crippen molar-refractivity contribution in [3.05, 3.63) is 54.1 Å². The average Bonchev–Trinajstić information content (AvgIpc) is 2.60. The molecule has 0 heterocycles. The first-order valence-corrected chi connectivity index (χ1v) is 11.0. The molecule has 0 atom stereocenters. The largest absolute Gasteiger partial charge is 0.491 e. The molecule has 0 aliphatic heterocycles. The summed E-state index contributed by atoms with van der Waals surface area (Å²) in [4.78, 5) is 1.35. The summed E-state index contributed by atoms with van der Waals surface area (Å²) in [6.45, 7) is 4.40. The number of rotatable bonds is 9. The van der Waals surface area contributed by atoms with Gasteiger partial charge in [0.2, 0.25) is 10.0 Å². The Bertz CT molecular complexity index is 754. The van der Waals surface area contributed by atoms with Gasteiger partial charge in [-0.05, 0) is 74.9 Å². The first-order valence-electron chi connectivity index (χ1n) is 8.30. The molecule has 6 heteroatoms. The SMILES string of the molecule is CSc1ccc(S(=O)(=O)NCCCc2ccc(OC(C)C)cc2)cc1. The van der Waals surface area contributed by atoms with Gasteiger partial charge < -0.3 is 4.74 Å². The van der Waals surface area contributed by atoms with Crippen LogP contribution in [0.3, 0.4) is 0 Å². The summed E-state index contributed by atoms with van der Waals surface area (Å²) >= 11 is 1.59. The first kappa shape index (κ1) is 19.8. The van der Waals surface area contributed by atoms with Crippen molar-refractivity contribution >= 4 is 21.8 Å². The molecule has 1 N–H and O–H groups in total. The van der Waals surface area contributed by atoms with E-state index in [1.165, 1.54) is 5.56 Å². The van der Waals surface area contributed by atoms with Crippen LogP contribution in [-0.4, -0.2) is 27.3 Å². The van der Waals surface area contributed by atoms with E-state index >= 15 is 0 Å². The van der Waals surface area contributed by atoms with Crippen LogP contribution in [0.2, 0.25) is 0 Å². The molecule has 25 heavy (non-hydrogen) atoms. The predicted octanol–water partition coefficient (Wildman–Crippen LogP) is 4.11. The van der Waals surface area contributed by atoms with Crippen LogP contribution in [0.25, 0.3) is 0 Å². The second-order valence-electron chi connectivity index (χ2n) is 5.99. The van der Waals surface area contributed by atoms with Crippen molar-refractivity contribution in [2.75, 3.05) is 12.8 Å². The Labute approximate surface area is 155 Å². The third kappa shape index (κ3) is 6.38. The smallest absolute Gasteiger partial charge is 0.240 e. The zero-order valence-electron chi connectivity index (χ0n) is 14.9. The standard InChI is InChI=1S/C19H25NO3S2/c1-15(2)23-17-8-6-16(7-9-17)5-4-14-20-25(21,22)19-12-10-18(24-3)11-13-19/h6-13,15,20H,4-5,14H2,1-3H3. The lowest BCUT2D eigenvalue weighted by Crippen LogP contribution is -2.25. The van der Waals surface area contributed by atoms with Crippen molar-refractivity contribution in [2.24, 2.45) is 0 Å². The number of thioether (sulfide) groups is 1. The van der Waals surface area contributed by atoms with Crippen LogP contribution in [0.1, 0.15) is 25.8 Å². The summed E-state index contributed by atoms with van der Waals surface area (Å²) in [5.74, 6) is 0.855. The van der Waals surface area contributed by atoms with Crippen LogP contribution in [0, 0.1) is 0 Å². The Morgan fingerprint density at radius 3 is 2.24 bits per heavy atom. The maximum absolute atomic E-state index is 12.3. The van der Waals surface area contributed by atoms with Gasteiger partial charge in [-0.1, -0.05) is 12.1 Å². The van der Waals surface area contributed by atoms with Crippen molar-refractivity contribution in [2.45, 2.75) is 42.6 Å². The molecule has 136 valence electrons. The molecule has 2 aromatic rings. The van der Waals surface area contributed by atoms with Crippen molar-refractivity contribution in [1.29, 1.82) is 0 Å². The van der Waals surface area contributed by atoms with E-state index in [-0.39, 0.29) is 6.10 Å². The molecular formula is C19H25NO3S2. The summed E-state index contributed by atoms with van der Waals surface area (Å²) in [6, 6.07) is 14.9. The summed E-state index contributed by atoms with van der Waals surface area (Å²) < 4.78 is 32.8. The number of hydrogen-bond donors (Lipinski definition) is 1. The molecule has 0 amide bonds. The third-order valence-electron chi connectivity index (χ3n) is 3.60. The lowest BCUT2D eigenvalue weighted by Gasteiger charge is -2.10. The van der Waals surface area contributed by atoms with Gasteiger partial charge in [0.1, 0.15) is 5.75 Å². The lowest BCUT2D eigenvalue weighted by molar-refractivity contribution is 0.242. The summed E-state index contributed by atoms with van der Waals surface area (Å²) in [5.41, 5.74) is 1.17. The van der Waals surface area contributed by atoms with Gasteiger partial charge >= 0.3 is 0 Å². The highest BCUT2D eigenvalue weighted by Crippen LogP contribution is 2.18. The highest BCUT2D eigenvalue weighted by molar-refractivity contribution is 7.98. The van der Waals surface area contributed by atoms with E-state index in [0.717, 1.165) is 23.5 Å². The minimum absolute atomic E-state index is 0.158. The van der Waals surface area contributed by atoms with Gasteiger partial charge in [-0.15, -0.1) is 11.8 Å². The monoisotopic (exact) mass is 379 g/mol. The first-order chi connectivity index (χ1) is 11.9. The number of sulfonamides is 1. The fourth-order valence-electron chi connectivity index (χ4n) is 2.34. The molecule has 0 aliphatic rings. The van der Waals surface area contributed by atoms with Gasteiger partial charge in [0.15, 0.2) is 0 Å². The van der Waals surface area contributed by atoms with Gasteiger partial charge in [-0.2, -0.15) is 0 Å². The van der Waals surface area contributed by atoms with Crippen LogP contribution in [0.15, 0.2) is 58.3 Å². The van der Waals surface area contributed by atoms with Crippen LogP contribution >= 0.6 is 11.8 Å². The Balaban J connectivity index is 1.81. The molecule has 0 radical (unpaired) electrons. The van der Waals surface area contributed by atoms with E-state index in [0.29, 0.717) is 11.4 Å². The molecule has 4 nitrogen and oxygen atoms in total. The third-order valence-corrected chi connectivity index (χ3v) is 5.82. The zero-order valence-corrected chi connectivity index (χ0v) is 16.5. The second kappa shape index (κ2) is 9.27. The second-order valence-corrected chi connectivity index (χ2v) is 8.63. The van der Waals surface area contributed by atoms with Crippen LogP contribution in [0.5, 0.6) is 5.75 Å². The van der Waals surface area contributed by atoms with Crippen LogP contribution in [-0.2, 0) is 16.4 Å². The Morgan fingerprint density at radius 2 is 1.68 bits per heavy atom. The molecule has 0 saturated carbocycles. The van der Waals surface area contributed by atoms with E-state index in [1.54, 1.807) is 23.9 Å².